The lowest BCUT2D eigenvalue weighted by Crippen LogP contribution is -2.51. The minimum atomic E-state index is -1.29. The van der Waals surface area contributed by atoms with Gasteiger partial charge in [0, 0.05) is 25.0 Å². The predicted octanol–water partition coefficient (Wildman–Crippen LogP) is 0.827. The molecule has 2 aromatic carbocycles. The molecule has 9 nitrogen and oxygen atoms in total. The van der Waals surface area contributed by atoms with E-state index in [1.165, 1.54) is 12.1 Å². The van der Waals surface area contributed by atoms with Crippen molar-refractivity contribution in [1.29, 1.82) is 0 Å². The first-order valence-corrected chi connectivity index (χ1v) is 9.44. The van der Waals surface area contributed by atoms with Crippen LogP contribution in [0, 0.1) is 0 Å². The molecule has 1 fully saturated rings. The Hall–Kier alpha value is -2.85. The molecule has 0 aliphatic carbocycles. The first-order valence-electron chi connectivity index (χ1n) is 9.44. The highest BCUT2D eigenvalue weighted by Gasteiger charge is 2.38. The van der Waals surface area contributed by atoms with Crippen molar-refractivity contribution in [2.45, 2.75) is 43.9 Å². The third-order valence-electron chi connectivity index (χ3n) is 4.90. The van der Waals surface area contributed by atoms with Gasteiger partial charge in [-0.1, -0.05) is 12.1 Å². The van der Waals surface area contributed by atoms with E-state index in [4.69, 9.17) is 9.47 Å². The number of rotatable bonds is 7. The third kappa shape index (κ3) is 5.00. The van der Waals surface area contributed by atoms with Crippen LogP contribution >= 0.6 is 0 Å². The van der Waals surface area contributed by atoms with Crippen molar-refractivity contribution in [3.63, 3.8) is 0 Å². The number of carbonyl (C=O) groups excluding carboxylic acids is 1. The number of Topliss-reactive ketones (excluding diaryl/α,β-unsaturated/α-hetero) is 1. The van der Waals surface area contributed by atoms with Crippen molar-refractivity contribution in [2.75, 3.05) is 6.61 Å². The summed E-state index contributed by atoms with van der Waals surface area (Å²) in [5, 5.41) is 58.4. The molecule has 162 valence electrons. The van der Waals surface area contributed by atoms with Crippen LogP contribution in [0.3, 0.4) is 0 Å². The molecule has 0 spiro atoms. The second-order valence-electron chi connectivity index (χ2n) is 7.13. The summed E-state index contributed by atoms with van der Waals surface area (Å²) in [5.41, 5.74) is 0.650. The molecular weight excluding hydrogens is 396 g/mol. The number of aliphatic hydroxyl groups is 3. The molecule has 4 atom stereocenters. The van der Waals surface area contributed by atoms with Crippen LogP contribution in [0.1, 0.15) is 28.8 Å². The van der Waals surface area contributed by atoms with Crippen LogP contribution in [0.5, 0.6) is 23.0 Å². The maximum absolute atomic E-state index is 12.8. The number of phenolic OH excluding ortho intramolecular Hbond substituents is 3. The fourth-order valence-corrected chi connectivity index (χ4v) is 3.29. The quantitative estimate of drug-likeness (QED) is 0.357. The molecule has 0 bridgehead atoms. The van der Waals surface area contributed by atoms with E-state index in [2.05, 4.69) is 0 Å². The van der Waals surface area contributed by atoms with Gasteiger partial charge in [-0.15, -0.1) is 0 Å². The van der Waals surface area contributed by atoms with Crippen molar-refractivity contribution in [3.8, 4) is 23.0 Å². The molecule has 2 aromatic rings. The Bertz CT molecular complexity index is 881. The second-order valence-corrected chi connectivity index (χ2v) is 7.13. The fraction of sp³-hybridized carbons (Fsp3) is 0.381. The molecule has 0 aromatic heterocycles. The molecular formula is C21H24O9. The third-order valence-corrected chi connectivity index (χ3v) is 4.90. The van der Waals surface area contributed by atoms with Gasteiger partial charge in [-0.05, 0) is 24.1 Å². The highest BCUT2D eigenvalue weighted by molar-refractivity contribution is 6.01. The molecule has 0 radical (unpaired) electrons. The fourth-order valence-electron chi connectivity index (χ4n) is 3.29. The van der Waals surface area contributed by atoms with Gasteiger partial charge in [0.1, 0.15) is 40.8 Å². The van der Waals surface area contributed by atoms with Crippen molar-refractivity contribution in [3.05, 3.63) is 47.5 Å². The number of benzene rings is 2. The average Bonchev–Trinajstić information content (AvgIpc) is 2.69. The Balaban J connectivity index is 1.78. The Morgan fingerprint density at radius 2 is 1.77 bits per heavy atom. The van der Waals surface area contributed by atoms with Crippen molar-refractivity contribution in [2.24, 2.45) is 0 Å². The van der Waals surface area contributed by atoms with Crippen LogP contribution < -0.4 is 4.74 Å². The van der Waals surface area contributed by atoms with Crippen LogP contribution in [-0.2, 0) is 11.2 Å². The number of ether oxygens (including phenoxy) is 2. The summed E-state index contributed by atoms with van der Waals surface area (Å²) in [6, 6.07) is 8.51. The van der Waals surface area contributed by atoms with Gasteiger partial charge in [0.05, 0.1) is 12.7 Å². The number of aliphatic hydroxyl groups excluding tert-OH is 3. The van der Waals surface area contributed by atoms with Crippen LogP contribution in [0.4, 0.5) is 0 Å². The van der Waals surface area contributed by atoms with Crippen LogP contribution in [0.25, 0.3) is 0 Å². The average molecular weight is 420 g/mol. The monoisotopic (exact) mass is 420 g/mol. The lowest BCUT2D eigenvalue weighted by Gasteiger charge is -2.36. The van der Waals surface area contributed by atoms with Gasteiger partial charge < -0.3 is 40.1 Å². The zero-order valence-electron chi connectivity index (χ0n) is 16.0. The maximum atomic E-state index is 12.8. The van der Waals surface area contributed by atoms with E-state index < -0.39 is 42.7 Å². The summed E-state index contributed by atoms with van der Waals surface area (Å²) in [6.07, 6.45) is -4.50. The molecule has 30 heavy (non-hydrogen) atoms. The normalized spacial score (nSPS) is 23.8. The van der Waals surface area contributed by atoms with E-state index in [-0.39, 0.29) is 35.7 Å². The van der Waals surface area contributed by atoms with Crippen molar-refractivity contribution in [1.82, 2.24) is 0 Å². The number of hydrogen-bond donors (Lipinski definition) is 6. The van der Waals surface area contributed by atoms with E-state index in [9.17, 15) is 35.4 Å². The number of aromatic hydroxyl groups is 3. The predicted molar refractivity (Wildman–Crippen MR) is 104 cm³/mol. The molecule has 9 heteroatoms. The Morgan fingerprint density at radius 3 is 2.43 bits per heavy atom. The van der Waals surface area contributed by atoms with E-state index in [0.717, 1.165) is 17.7 Å². The standard InChI is InChI=1S/C21H24O9/c22-10-18-21(28)16(27)9-19(30-18)29-17-8-13(24)7-15(26)20(17)14(25)6-3-11-1-4-12(23)5-2-11/h1-2,4-5,7-8,16,18-19,21-24,26-28H,3,6,9-10H2/t16-,18-,19-,21+/m1/s1. The number of carbonyl (C=O) groups is 1. The van der Waals surface area contributed by atoms with E-state index in [0.29, 0.717) is 6.42 Å². The van der Waals surface area contributed by atoms with Gasteiger partial charge in [-0.25, -0.2) is 0 Å². The molecule has 0 amide bonds. The van der Waals surface area contributed by atoms with Crippen molar-refractivity contribution >= 4 is 5.78 Å². The van der Waals surface area contributed by atoms with Crippen LogP contribution in [0.2, 0.25) is 0 Å². The summed E-state index contributed by atoms with van der Waals surface area (Å²) < 4.78 is 11.0. The van der Waals surface area contributed by atoms with E-state index in [1.807, 2.05) is 0 Å². The summed E-state index contributed by atoms with van der Waals surface area (Å²) in [5.74, 6) is -1.31. The molecule has 0 saturated carbocycles. The number of phenols is 3. The Kier molecular flexibility index (Phi) is 6.78. The van der Waals surface area contributed by atoms with Gasteiger partial charge in [0.15, 0.2) is 5.78 Å². The van der Waals surface area contributed by atoms with Gasteiger partial charge in [0.25, 0.3) is 0 Å². The topological polar surface area (TPSA) is 157 Å². The second kappa shape index (κ2) is 9.31. The number of aryl methyl sites for hydroxylation is 1. The lowest BCUT2D eigenvalue weighted by atomic mass is 10.00. The van der Waals surface area contributed by atoms with Gasteiger partial charge in [-0.3, -0.25) is 4.79 Å². The van der Waals surface area contributed by atoms with Crippen LogP contribution in [0.15, 0.2) is 36.4 Å². The summed E-state index contributed by atoms with van der Waals surface area (Å²) in [6.45, 7) is -0.554. The Labute approximate surface area is 172 Å². The highest BCUT2D eigenvalue weighted by Crippen LogP contribution is 2.36. The first kappa shape index (κ1) is 21.8. The SMILES string of the molecule is O=C(CCc1ccc(O)cc1)c1c(O)cc(O)cc1O[C@H]1C[C@@H](O)[C@H](O)[C@@H](CO)O1. The summed E-state index contributed by atoms with van der Waals surface area (Å²) in [7, 11) is 0. The summed E-state index contributed by atoms with van der Waals surface area (Å²) >= 11 is 0. The minimum Gasteiger partial charge on any atom is -0.508 e. The number of hydrogen-bond acceptors (Lipinski definition) is 9. The minimum absolute atomic E-state index is 0.0194. The molecule has 1 saturated heterocycles. The smallest absolute Gasteiger partial charge is 0.202 e. The van der Waals surface area contributed by atoms with Crippen molar-refractivity contribution < 1.29 is 44.9 Å². The van der Waals surface area contributed by atoms with Gasteiger partial charge in [0.2, 0.25) is 6.29 Å². The molecule has 0 unspecified atom stereocenters. The lowest BCUT2D eigenvalue weighted by molar-refractivity contribution is -0.230. The molecule has 3 rings (SSSR count). The summed E-state index contributed by atoms with van der Waals surface area (Å²) in [4.78, 5) is 12.8. The van der Waals surface area contributed by atoms with Gasteiger partial charge in [-0.2, -0.15) is 0 Å². The molecule has 1 aliphatic heterocycles. The molecule has 6 N–H and O–H groups in total. The zero-order valence-corrected chi connectivity index (χ0v) is 16.0. The zero-order chi connectivity index (χ0) is 21.8. The largest absolute Gasteiger partial charge is 0.508 e. The van der Waals surface area contributed by atoms with E-state index in [1.54, 1.807) is 12.1 Å². The maximum Gasteiger partial charge on any atom is 0.202 e. The number of ketones is 1. The highest BCUT2D eigenvalue weighted by atomic mass is 16.7. The first-order chi connectivity index (χ1) is 14.3. The molecule has 1 aliphatic rings. The van der Waals surface area contributed by atoms with E-state index >= 15 is 0 Å². The Morgan fingerprint density at radius 1 is 1.07 bits per heavy atom. The van der Waals surface area contributed by atoms with Crippen LogP contribution in [-0.4, -0.2) is 67.6 Å². The van der Waals surface area contributed by atoms with Gasteiger partial charge >= 0.3 is 0 Å². The molecule has 1 heterocycles.